The molecule has 15 heavy (non-hydrogen) atoms. The summed E-state index contributed by atoms with van der Waals surface area (Å²) in [5, 5.41) is 9.79. The van der Waals surface area contributed by atoms with Crippen molar-refractivity contribution in [3.8, 4) is 0 Å². The molecular weight excluding hydrogens is 186 g/mol. The van der Waals surface area contributed by atoms with Gasteiger partial charge in [-0.25, -0.2) is 0 Å². The molecule has 0 radical (unpaired) electrons. The summed E-state index contributed by atoms with van der Waals surface area (Å²) in [5.74, 6) is 0. The number of rotatable bonds is 3. The lowest BCUT2D eigenvalue weighted by Crippen LogP contribution is -2.51. The molecule has 1 aliphatic rings. The molecule has 0 saturated heterocycles. The topological polar surface area (TPSA) is 23.5 Å². The Morgan fingerprint density at radius 1 is 1.47 bits per heavy atom. The molecule has 1 aliphatic carbocycles. The summed E-state index contributed by atoms with van der Waals surface area (Å²) in [6, 6.07) is 1.13. The predicted molar refractivity (Wildman–Crippen MR) is 64.9 cm³/mol. The Labute approximate surface area is 94.7 Å². The number of hydrogen-bond acceptors (Lipinski definition) is 2. The quantitative estimate of drug-likeness (QED) is 0.779. The van der Waals surface area contributed by atoms with Gasteiger partial charge in [0.2, 0.25) is 0 Å². The summed E-state index contributed by atoms with van der Waals surface area (Å²) in [7, 11) is 2.21. The third kappa shape index (κ3) is 2.94. The summed E-state index contributed by atoms with van der Waals surface area (Å²) < 4.78 is 0. The zero-order chi connectivity index (χ0) is 11.6. The van der Waals surface area contributed by atoms with Crippen molar-refractivity contribution in [3.63, 3.8) is 0 Å². The Morgan fingerprint density at radius 2 is 2.07 bits per heavy atom. The van der Waals surface area contributed by atoms with E-state index >= 15 is 0 Å². The molecule has 1 rings (SSSR count). The van der Waals surface area contributed by atoms with Crippen LogP contribution in [-0.4, -0.2) is 35.2 Å². The van der Waals surface area contributed by atoms with Crippen molar-refractivity contribution in [1.29, 1.82) is 0 Å². The number of hydrogen-bond donors (Lipinski definition) is 1. The minimum atomic E-state index is -0.0884. The Kier molecular flexibility index (Phi) is 4.19. The number of aliphatic hydroxyl groups excluding tert-OH is 1. The third-order valence-electron chi connectivity index (χ3n) is 4.30. The molecular formula is C13H27NO. The molecule has 0 bridgehead atoms. The highest BCUT2D eigenvalue weighted by atomic mass is 16.3. The van der Waals surface area contributed by atoms with Gasteiger partial charge in [0, 0.05) is 12.1 Å². The summed E-state index contributed by atoms with van der Waals surface area (Å²) in [6.45, 7) is 9.18. The van der Waals surface area contributed by atoms with Crippen LogP contribution in [0.4, 0.5) is 0 Å². The van der Waals surface area contributed by atoms with Gasteiger partial charge < -0.3 is 10.0 Å². The SMILES string of the molecule is CCC(C)N(C)C1CC(O)CCC1(C)C. The van der Waals surface area contributed by atoms with Crippen molar-refractivity contribution >= 4 is 0 Å². The standard InChI is InChI=1S/C13H27NO/c1-6-10(2)14(5)12-9-11(15)7-8-13(12,3)4/h10-12,15H,6-9H2,1-5H3. The van der Waals surface area contributed by atoms with Crippen molar-refractivity contribution in [3.05, 3.63) is 0 Å². The van der Waals surface area contributed by atoms with E-state index in [9.17, 15) is 5.11 Å². The first-order valence-corrected chi connectivity index (χ1v) is 6.28. The Morgan fingerprint density at radius 3 is 2.60 bits per heavy atom. The molecule has 0 aromatic carbocycles. The zero-order valence-corrected chi connectivity index (χ0v) is 11.0. The van der Waals surface area contributed by atoms with Gasteiger partial charge in [0.05, 0.1) is 6.10 Å². The molecule has 1 saturated carbocycles. The smallest absolute Gasteiger partial charge is 0.0555 e. The first-order chi connectivity index (χ1) is 6.88. The van der Waals surface area contributed by atoms with Gasteiger partial charge in [-0.2, -0.15) is 0 Å². The van der Waals surface area contributed by atoms with Crippen LogP contribution in [0, 0.1) is 5.41 Å². The minimum Gasteiger partial charge on any atom is -0.393 e. The summed E-state index contributed by atoms with van der Waals surface area (Å²) in [6.07, 6.45) is 4.14. The molecule has 1 N–H and O–H groups in total. The molecule has 0 heterocycles. The molecule has 3 unspecified atom stereocenters. The first-order valence-electron chi connectivity index (χ1n) is 6.28. The van der Waals surface area contributed by atoms with Gasteiger partial charge in [-0.1, -0.05) is 20.8 Å². The van der Waals surface area contributed by atoms with Gasteiger partial charge in [-0.05, 0) is 45.1 Å². The fraction of sp³-hybridized carbons (Fsp3) is 1.00. The summed E-state index contributed by atoms with van der Waals surface area (Å²) in [4.78, 5) is 2.46. The fourth-order valence-electron chi connectivity index (χ4n) is 2.71. The maximum atomic E-state index is 9.79. The number of aliphatic hydroxyl groups is 1. The molecule has 3 atom stereocenters. The van der Waals surface area contributed by atoms with E-state index in [0.29, 0.717) is 17.5 Å². The Hall–Kier alpha value is -0.0800. The Balaban J connectivity index is 2.71. The molecule has 2 nitrogen and oxygen atoms in total. The van der Waals surface area contributed by atoms with E-state index in [1.54, 1.807) is 0 Å². The molecule has 0 aliphatic heterocycles. The third-order valence-corrected chi connectivity index (χ3v) is 4.30. The van der Waals surface area contributed by atoms with Crippen molar-refractivity contribution in [2.24, 2.45) is 5.41 Å². The second-order valence-corrected chi connectivity index (χ2v) is 5.86. The van der Waals surface area contributed by atoms with Gasteiger partial charge >= 0.3 is 0 Å². The summed E-state index contributed by atoms with van der Waals surface area (Å²) >= 11 is 0. The molecule has 1 fully saturated rings. The second-order valence-electron chi connectivity index (χ2n) is 5.86. The number of nitrogens with zero attached hydrogens (tertiary/aromatic N) is 1. The van der Waals surface area contributed by atoms with E-state index in [0.717, 1.165) is 19.3 Å². The van der Waals surface area contributed by atoms with Crippen LogP contribution in [0.2, 0.25) is 0 Å². The predicted octanol–water partition coefficient (Wildman–Crippen LogP) is 2.66. The van der Waals surface area contributed by atoms with Gasteiger partial charge in [-0.3, -0.25) is 0 Å². The highest BCUT2D eigenvalue weighted by Crippen LogP contribution is 2.39. The fourth-order valence-corrected chi connectivity index (χ4v) is 2.71. The van der Waals surface area contributed by atoms with E-state index in [-0.39, 0.29) is 6.10 Å². The van der Waals surface area contributed by atoms with Crippen LogP contribution < -0.4 is 0 Å². The van der Waals surface area contributed by atoms with Crippen LogP contribution in [0.5, 0.6) is 0 Å². The molecule has 2 heteroatoms. The van der Waals surface area contributed by atoms with Crippen LogP contribution in [0.1, 0.15) is 53.4 Å². The van der Waals surface area contributed by atoms with Crippen molar-refractivity contribution in [1.82, 2.24) is 4.90 Å². The highest BCUT2D eigenvalue weighted by Gasteiger charge is 2.38. The summed E-state index contributed by atoms with van der Waals surface area (Å²) in [5.41, 5.74) is 0.345. The maximum Gasteiger partial charge on any atom is 0.0555 e. The van der Waals surface area contributed by atoms with Crippen molar-refractivity contribution in [2.75, 3.05) is 7.05 Å². The molecule has 0 aromatic heterocycles. The normalized spacial score (nSPS) is 33.0. The van der Waals surface area contributed by atoms with Crippen LogP contribution in [0.3, 0.4) is 0 Å². The lowest BCUT2D eigenvalue weighted by Gasteiger charge is -2.47. The van der Waals surface area contributed by atoms with Crippen LogP contribution in [0.15, 0.2) is 0 Å². The monoisotopic (exact) mass is 213 g/mol. The van der Waals surface area contributed by atoms with Crippen LogP contribution >= 0.6 is 0 Å². The highest BCUT2D eigenvalue weighted by molar-refractivity contribution is 4.92. The molecule has 0 spiro atoms. The van der Waals surface area contributed by atoms with E-state index in [2.05, 4.69) is 39.6 Å². The van der Waals surface area contributed by atoms with E-state index in [1.807, 2.05) is 0 Å². The lowest BCUT2D eigenvalue weighted by molar-refractivity contribution is -0.0151. The molecule has 0 amide bonds. The van der Waals surface area contributed by atoms with Crippen molar-refractivity contribution < 1.29 is 5.11 Å². The van der Waals surface area contributed by atoms with Gasteiger partial charge in [0.15, 0.2) is 0 Å². The van der Waals surface area contributed by atoms with E-state index in [4.69, 9.17) is 0 Å². The van der Waals surface area contributed by atoms with Crippen LogP contribution in [-0.2, 0) is 0 Å². The molecule has 90 valence electrons. The van der Waals surface area contributed by atoms with Crippen molar-refractivity contribution in [2.45, 2.75) is 71.6 Å². The molecule has 0 aromatic rings. The Bertz CT molecular complexity index is 203. The first kappa shape index (κ1) is 13.0. The van der Waals surface area contributed by atoms with Gasteiger partial charge in [0.25, 0.3) is 0 Å². The van der Waals surface area contributed by atoms with Crippen LogP contribution in [0.25, 0.3) is 0 Å². The van der Waals surface area contributed by atoms with E-state index < -0.39 is 0 Å². The average Bonchev–Trinajstić information content (AvgIpc) is 2.19. The lowest BCUT2D eigenvalue weighted by atomic mass is 9.71. The second kappa shape index (κ2) is 4.84. The average molecular weight is 213 g/mol. The van der Waals surface area contributed by atoms with Gasteiger partial charge in [0.1, 0.15) is 0 Å². The zero-order valence-electron chi connectivity index (χ0n) is 11.0. The van der Waals surface area contributed by atoms with E-state index in [1.165, 1.54) is 6.42 Å². The minimum absolute atomic E-state index is 0.0884. The maximum absolute atomic E-state index is 9.79. The van der Waals surface area contributed by atoms with Gasteiger partial charge in [-0.15, -0.1) is 0 Å². The largest absolute Gasteiger partial charge is 0.393 e.